The molecule has 1 N–H and O–H groups in total. The van der Waals surface area contributed by atoms with Crippen molar-refractivity contribution in [3.8, 4) is 5.75 Å². The van der Waals surface area contributed by atoms with Gasteiger partial charge in [-0.25, -0.2) is 0 Å². The zero-order valence-corrected chi connectivity index (χ0v) is 16.0. The van der Waals surface area contributed by atoms with Crippen LogP contribution in [-0.4, -0.2) is 12.9 Å². The molecule has 0 fully saturated rings. The predicted octanol–water partition coefficient (Wildman–Crippen LogP) is 6.56. The van der Waals surface area contributed by atoms with Gasteiger partial charge in [0.2, 0.25) is 0 Å². The molecule has 0 bridgehead atoms. The van der Waals surface area contributed by atoms with Gasteiger partial charge in [0.05, 0.1) is 5.56 Å². The molecule has 3 aromatic carbocycles. The van der Waals surface area contributed by atoms with Crippen LogP contribution in [0.1, 0.15) is 22.3 Å². The summed E-state index contributed by atoms with van der Waals surface area (Å²) < 4.78 is 82.0. The first-order valence-corrected chi connectivity index (χ1v) is 9.43. The molecule has 1 heterocycles. The topological polar surface area (TPSA) is 21.3 Å². The third kappa shape index (κ3) is 4.33. The van der Waals surface area contributed by atoms with E-state index in [1.54, 1.807) is 18.2 Å². The summed E-state index contributed by atoms with van der Waals surface area (Å²) in [5, 5.41) is 3.23. The highest BCUT2D eigenvalue weighted by Gasteiger charge is 2.42. The number of benzene rings is 3. The molecule has 1 atom stereocenters. The molecule has 0 spiro atoms. The molecule has 8 heteroatoms. The van der Waals surface area contributed by atoms with Crippen molar-refractivity contribution in [1.82, 2.24) is 0 Å². The fourth-order valence-electron chi connectivity index (χ4n) is 4.11. The molecular weight excluding hydrogens is 420 g/mol. The van der Waals surface area contributed by atoms with Gasteiger partial charge in [0.1, 0.15) is 5.75 Å². The van der Waals surface area contributed by atoms with E-state index < -0.39 is 23.5 Å². The molecular formula is C23H17F6NO. The Morgan fingerprint density at radius 2 is 1.58 bits per heavy atom. The minimum atomic E-state index is -4.83. The number of alkyl halides is 6. The summed E-state index contributed by atoms with van der Waals surface area (Å²) >= 11 is 0. The summed E-state index contributed by atoms with van der Waals surface area (Å²) in [6.07, 6.45) is -9.16. The number of halogens is 6. The lowest BCUT2D eigenvalue weighted by Gasteiger charge is -2.31. The summed E-state index contributed by atoms with van der Waals surface area (Å²) in [7, 11) is 0. The number of para-hydroxylation sites is 1. The Hall–Kier alpha value is -3.16. The maximum atomic E-state index is 13.4. The second-order valence-corrected chi connectivity index (χ2v) is 7.43. The molecule has 1 aliphatic rings. The van der Waals surface area contributed by atoms with Crippen LogP contribution in [0.2, 0.25) is 0 Å². The first-order chi connectivity index (χ1) is 14.6. The van der Waals surface area contributed by atoms with Crippen molar-refractivity contribution in [2.75, 3.05) is 11.9 Å². The molecule has 2 nitrogen and oxygen atoms in total. The Morgan fingerprint density at radius 1 is 0.839 bits per heavy atom. The molecule has 0 amide bonds. The molecule has 162 valence electrons. The Bertz CT molecular complexity index is 1090. The average Bonchev–Trinajstić information content (AvgIpc) is 3.06. The first-order valence-electron chi connectivity index (χ1n) is 9.43. The fourth-order valence-corrected chi connectivity index (χ4v) is 4.11. The Kier molecular flexibility index (Phi) is 5.11. The molecule has 3 aromatic rings. The summed E-state index contributed by atoms with van der Waals surface area (Å²) in [4.78, 5) is 0. The highest BCUT2D eigenvalue weighted by molar-refractivity contribution is 5.65. The molecule has 31 heavy (non-hydrogen) atoms. The van der Waals surface area contributed by atoms with Gasteiger partial charge < -0.3 is 10.1 Å². The summed E-state index contributed by atoms with van der Waals surface area (Å²) in [5.41, 5.74) is 0.843. The van der Waals surface area contributed by atoms with Gasteiger partial charge in [-0.1, -0.05) is 48.5 Å². The van der Waals surface area contributed by atoms with Gasteiger partial charge in [-0.3, -0.25) is 0 Å². The molecule has 0 aliphatic carbocycles. The highest BCUT2D eigenvalue weighted by atomic mass is 19.4. The molecule has 1 unspecified atom stereocenters. The Morgan fingerprint density at radius 3 is 2.32 bits per heavy atom. The molecule has 0 radical (unpaired) electrons. The minimum absolute atomic E-state index is 0.188. The summed E-state index contributed by atoms with van der Waals surface area (Å²) in [6, 6.07) is 17.9. The summed E-state index contributed by atoms with van der Waals surface area (Å²) in [6.45, 7) is 0.304. The fraction of sp³-hybridized carbons (Fsp3) is 0.217. The van der Waals surface area contributed by atoms with Crippen LogP contribution >= 0.6 is 0 Å². The number of hydrogen-bond acceptors (Lipinski definition) is 2. The van der Waals surface area contributed by atoms with Crippen LogP contribution < -0.4 is 10.1 Å². The van der Waals surface area contributed by atoms with Crippen LogP contribution in [0.4, 0.5) is 32.0 Å². The second kappa shape index (κ2) is 7.51. The monoisotopic (exact) mass is 437 g/mol. The first kappa shape index (κ1) is 21.1. The van der Waals surface area contributed by atoms with E-state index in [9.17, 15) is 26.3 Å². The quantitative estimate of drug-likeness (QED) is 0.467. The zero-order valence-electron chi connectivity index (χ0n) is 16.0. The van der Waals surface area contributed by atoms with Gasteiger partial charge in [0.15, 0.2) is 0 Å². The van der Waals surface area contributed by atoms with E-state index >= 15 is 0 Å². The largest absolute Gasteiger partial charge is 0.573 e. The van der Waals surface area contributed by atoms with E-state index in [4.69, 9.17) is 0 Å². The third-order valence-electron chi connectivity index (χ3n) is 5.40. The number of anilines is 1. The van der Waals surface area contributed by atoms with Gasteiger partial charge in [-0.2, -0.15) is 13.2 Å². The van der Waals surface area contributed by atoms with Crippen molar-refractivity contribution in [3.05, 3.63) is 95.1 Å². The number of hydrogen-bond donors (Lipinski definition) is 1. The van der Waals surface area contributed by atoms with Crippen LogP contribution in [0.25, 0.3) is 0 Å². The second-order valence-electron chi connectivity index (χ2n) is 7.43. The van der Waals surface area contributed by atoms with Crippen molar-refractivity contribution in [3.63, 3.8) is 0 Å². The van der Waals surface area contributed by atoms with E-state index in [1.165, 1.54) is 24.3 Å². The van der Waals surface area contributed by atoms with E-state index in [0.29, 0.717) is 17.7 Å². The number of rotatable bonds is 4. The van der Waals surface area contributed by atoms with Crippen LogP contribution in [-0.2, 0) is 18.0 Å². The lowest BCUT2D eigenvalue weighted by molar-refractivity contribution is -0.274. The van der Waals surface area contributed by atoms with Crippen molar-refractivity contribution in [1.29, 1.82) is 0 Å². The van der Waals surface area contributed by atoms with Crippen LogP contribution in [0.3, 0.4) is 0 Å². The van der Waals surface area contributed by atoms with E-state index in [-0.39, 0.29) is 12.2 Å². The van der Waals surface area contributed by atoms with Crippen molar-refractivity contribution in [2.45, 2.75) is 24.4 Å². The van der Waals surface area contributed by atoms with Crippen LogP contribution in [0.5, 0.6) is 5.75 Å². The maximum Gasteiger partial charge on any atom is 0.573 e. The average molecular weight is 437 g/mol. The van der Waals surface area contributed by atoms with Crippen LogP contribution in [0.15, 0.2) is 72.8 Å². The van der Waals surface area contributed by atoms with Crippen molar-refractivity contribution in [2.24, 2.45) is 0 Å². The van der Waals surface area contributed by atoms with Gasteiger partial charge in [0.25, 0.3) is 0 Å². The summed E-state index contributed by atoms with van der Waals surface area (Å²) in [5.74, 6) is -0.372. The third-order valence-corrected chi connectivity index (χ3v) is 5.40. The maximum absolute atomic E-state index is 13.4. The number of fused-ring (bicyclic) bond motifs is 1. The van der Waals surface area contributed by atoms with E-state index in [1.807, 2.05) is 18.2 Å². The standard InChI is InChI=1S/C23H17F6NO/c24-22(25,26)17-7-4-6-16(12-17)21(14-30-20-10-2-1-9-19(20)21)13-15-5-3-8-18(11-15)31-23(27,28)29/h1-12,30H,13-14H2. The van der Waals surface area contributed by atoms with Crippen molar-refractivity contribution < 1.29 is 31.1 Å². The lowest BCUT2D eigenvalue weighted by Crippen LogP contribution is -2.33. The highest BCUT2D eigenvalue weighted by Crippen LogP contribution is 2.45. The smallest absolute Gasteiger partial charge is 0.406 e. The minimum Gasteiger partial charge on any atom is -0.406 e. The van der Waals surface area contributed by atoms with Gasteiger partial charge in [0, 0.05) is 17.6 Å². The van der Waals surface area contributed by atoms with Crippen molar-refractivity contribution >= 4 is 5.69 Å². The lowest BCUT2D eigenvalue weighted by atomic mass is 9.71. The Labute approximate surface area is 174 Å². The van der Waals surface area contributed by atoms with Gasteiger partial charge in [-0.05, 0) is 47.4 Å². The van der Waals surface area contributed by atoms with Gasteiger partial charge in [-0.15, -0.1) is 13.2 Å². The predicted molar refractivity (Wildman–Crippen MR) is 104 cm³/mol. The van der Waals surface area contributed by atoms with Gasteiger partial charge >= 0.3 is 12.5 Å². The zero-order chi connectivity index (χ0) is 22.3. The Balaban J connectivity index is 1.81. The number of nitrogens with one attached hydrogen (secondary N) is 1. The molecule has 4 rings (SSSR count). The van der Waals surface area contributed by atoms with E-state index in [0.717, 1.165) is 23.4 Å². The normalized spacial score (nSPS) is 18.4. The number of ether oxygens (including phenoxy) is 1. The van der Waals surface area contributed by atoms with Crippen LogP contribution in [0, 0.1) is 0 Å². The van der Waals surface area contributed by atoms with E-state index in [2.05, 4.69) is 10.1 Å². The molecule has 0 saturated carbocycles. The SMILES string of the molecule is FC(F)(F)Oc1cccc(CC2(c3cccc(C(F)(F)F)c3)CNc3ccccc32)c1. The molecule has 0 aromatic heterocycles. The molecule has 1 aliphatic heterocycles. The molecule has 0 saturated heterocycles.